The molecule has 4 aromatic rings. The van der Waals surface area contributed by atoms with Crippen LogP contribution in [0.2, 0.25) is 0 Å². The number of aryl methyl sites for hydroxylation is 3. The standard InChI is InChI=1S/C22H20FN5O2/c1-13-5-4-6-16(9-13)22-26-21(27-30-22)19-11-28(15(3)24-19)12-20(29)25-17-8-7-14(2)18(23)10-17/h4-11H,12H2,1-3H3,(H,25,29). The molecule has 1 N–H and O–H groups in total. The van der Waals surface area contributed by atoms with Gasteiger partial charge in [0.15, 0.2) is 0 Å². The fraction of sp³-hybridized carbons (Fsp3) is 0.182. The molecule has 0 aliphatic rings. The van der Waals surface area contributed by atoms with Crippen LogP contribution in [0.1, 0.15) is 17.0 Å². The van der Waals surface area contributed by atoms with Crippen molar-refractivity contribution in [1.29, 1.82) is 0 Å². The molecule has 0 atom stereocenters. The lowest BCUT2D eigenvalue weighted by Crippen LogP contribution is -2.19. The van der Waals surface area contributed by atoms with Crippen molar-refractivity contribution in [2.45, 2.75) is 27.3 Å². The maximum absolute atomic E-state index is 13.7. The summed E-state index contributed by atoms with van der Waals surface area (Å²) in [5, 5.41) is 6.70. The Kier molecular flexibility index (Phi) is 5.14. The number of benzene rings is 2. The zero-order valence-electron chi connectivity index (χ0n) is 16.8. The van der Waals surface area contributed by atoms with E-state index in [4.69, 9.17) is 4.52 Å². The second-order valence-corrected chi connectivity index (χ2v) is 7.11. The Morgan fingerprint density at radius 2 is 1.97 bits per heavy atom. The molecule has 0 spiro atoms. The fourth-order valence-corrected chi connectivity index (χ4v) is 3.02. The molecule has 1 amide bonds. The van der Waals surface area contributed by atoms with Gasteiger partial charge in [-0.3, -0.25) is 4.79 Å². The smallest absolute Gasteiger partial charge is 0.258 e. The monoisotopic (exact) mass is 405 g/mol. The van der Waals surface area contributed by atoms with Crippen LogP contribution in [-0.2, 0) is 11.3 Å². The number of nitrogens with one attached hydrogen (secondary N) is 1. The van der Waals surface area contributed by atoms with Crippen molar-refractivity contribution in [3.8, 4) is 23.0 Å². The Balaban J connectivity index is 1.49. The van der Waals surface area contributed by atoms with Gasteiger partial charge in [-0.1, -0.05) is 28.9 Å². The van der Waals surface area contributed by atoms with Gasteiger partial charge < -0.3 is 14.4 Å². The quantitative estimate of drug-likeness (QED) is 0.535. The number of anilines is 1. The first-order chi connectivity index (χ1) is 14.4. The molecule has 8 heteroatoms. The normalized spacial score (nSPS) is 10.9. The van der Waals surface area contributed by atoms with Gasteiger partial charge in [-0.05, 0) is 50.6 Å². The van der Waals surface area contributed by atoms with Gasteiger partial charge in [0.25, 0.3) is 5.89 Å². The fourth-order valence-electron chi connectivity index (χ4n) is 3.02. The highest BCUT2D eigenvalue weighted by Gasteiger charge is 2.16. The van der Waals surface area contributed by atoms with Crippen molar-refractivity contribution in [3.63, 3.8) is 0 Å². The Morgan fingerprint density at radius 3 is 2.73 bits per heavy atom. The van der Waals surface area contributed by atoms with Gasteiger partial charge in [-0.15, -0.1) is 0 Å². The van der Waals surface area contributed by atoms with E-state index in [1.54, 1.807) is 36.7 Å². The SMILES string of the molecule is Cc1cccc(-c2nc(-c3cn(CC(=O)Nc4ccc(C)c(F)c4)c(C)n3)no2)c1. The number of hydrogen-bond donors (Lipinski definition) is 1. The van der Waals surface area contributed by atoms with E-state index < -0.39 is 0 Å². The molecule has 2 heterocycles. The van der Waals surface area contributed by atoms with Crippen molar-refractivity contribution in [1.82, 2.24) is 19.7 Å². The van der Waals surface area contributed by atoms with E-state index in [-0.39, 0.29) is 18.3 Å². The molecule has 4 rings (SSSR count). The molecule has 30 heavy (non-hydrogen) atoms. The lowest BCUT2D eigenvalue weighted by Gasteiger charge is -2.08. The van der Waals surface area contributed by atoms with E-state index in [1.165, 1.54) is 6.07 Å². The topological polar surface area (TPSA) is 85.8 Å². The van der Waals surface area contributed by atoms with Gasteiger partial charge in [0.2, 0.25) is 11.7 Å². The van der Waals surface area contributed by atoms with Crippen LogP contribution in [-0.4, -0.2) is 25.6 Å². The van der Waals surface area contributed by atoms with E-state index in [1.807, 2.05) is 31.2 Å². The highest BCUT2D eigenvalue weighted by atomic mass is 19.1. The number of carbonyl (C=O) groups excluding carboxylic acids is 1. The summed E-state index contributed by atoms with van der Waals surface area (Å²) in [7, 11) is 0. The Morgan fingerprint density at radius 1 is 1.13 bits per heavy atom. The number of hydrogen-bond acceptors (Lipinski definition) is 5. The number of amides is 1. The van der Waals surface area contributed by atoms with Gasteiger partial charge in [0.1, 0.15) is 23.9 Å². The predicted molar refractivity (Wildman–Crippen MR) is 110 cm³/mol. The average Bonchev–Trinajstić information content (AvgIpc) is 3.32. The predicted octanol–water partition coefficient (Wildman–Crippen LogP) is 4.30. The molecule has 2 aromatic heterocycles. The second-order valence-electron chi connectivity index (χ2n) is 7.11. The largest absolute Gasteiger partial charge is 0.334 e. The first-order valence-corrected chi connectivity index (χ1v) is 9.40. The zero-order chi connectivity index (χ0) is 21.3. The Labute approximate surface area is 172 Å². The van der Waals surface area contributed by atoms with Crippen LogP contribution in [0, 0.1) is 26.6 Å². The third-order valence-corrected chi connectivity index (χ3v) is 4.67. The highest BCUT2D eigenvalue weighted by molar-refractivity contribution is 5.90. The third kappa shape index (κ3) is 4.12. The second kappa shape index (κ2) is 7.90. The van der Waals surface area contributed by atoms with Crippen LogP contribution >= 0.6 is 0 Å². The molecule has 2 aromatic carbocycles. The van der Waals surface area contributed by atoms with Crippen LogP contribution in [0.4, 0.5) is 10.1 Å². The summed E-state index contributed by atoms with van der Waals surface area (Å²) in [6.07, 6.45) is 1.69. The number of rotatable bonds is 5. The summed E-state index contributed by atoms with van der Waals surface area (Å²) in [4.78, 5) is 21.2. The van der Waals surface area contributed by atoms with Crippen molar-refractivity contribution < 1.29 is 13.7 Å². The maximum atomic E-state index is 13.7. The van der Waals surface area contributed by atoms with E-state index >= 15 is 0 Å². The molecule has 0 unspecified atom stereocenters. The lowest BCUT2D eigenvalue weighted by molar-refractivity contribution is -0.116. The molecule has 0 aliphatic heterocycles. The summed E-state index contributed by atoms with van der Waals surface area (Å²) >= 11 is 0. The molecule has 152 valence electrons. The van der Waals surface area contributed by atoms with E-state index in [9.17, 15) is 9.18 Å². The molecular weight excluding hydrogens is 385 g/mol. The van der Waals surface area contributed by atoms with Crippen molar-refractivity contribution in [2.24, 2.45) is 0 Å². The molecule has 0 saturated carbocycles. The maximum Gasteiger partial charge on any atom is 0.258 e. The molecule has 7 nitrogen and oxygen atoms in total. The van der Waals surface area contributed by atoms with Crippen LogP contribution in [0.3, 0.4) is 0 Å². The molecule has 0 aliphatic carbocycles. The van der Waals surface area contributed by atoms with Crippen LogP contribution in [0.5, 0.6) is 0 Å². The minimum absolute atomic E-state index is 0.0247. The summed E-state index contributed by atoms with van der Waals surface area (Å²) in [6, 6.07) is 12.3. The summed E-state index contributed by atoms with van der Waals surface area (Å²) in [5.41, 5.74) is 3.35. The first-order valence-electron chi connectivity index (χ1n) is 9.40. The van der Waals surface area contributed by atoms with Gasteiger partial charge >= 0.3 is 0 Å². The highest BCUT2D eigenvalue weighted by Crippen LogP contribution is 2.22. The Hall–Kier alpha value is -3.81. The van der Waals surface area contributed by atoms with E-state index in [0.717, 1.165) is 11.1 Å². The van der Waals surface area contributed by atoms with Gasteiger partial charge in [-0.25, -0.2) is 9.37 Å². The first kappa shape index (κ1) is 19.5. The number of imidazole rings is 1. The summed E-state index contributed by atoms with van der Waals surface area (Å²) in [6.45, 7) is 5.46. The molecule has 0 bridgehead atoms. The number of aromatic nitrogens is 4. The lowest BCUT2D eigenvalue weighted by atomic mass is 10.1. The minimum atomic E-state index is -0.365. The third-order valence-electron chi connectivity index (χ3n) is 4.67. The van der Waals surface area contributed by atoms with Gasteiger partial charge in [-0.2, -0.15) is 4.98 Å². The average molecular weight is 405 g/mol. The Bertz CT molecular complexity index is 1230. The van der Waals surface area contributed by atoms with E-state index in [2.05, 4.69) is 20.4 Å². The molecule has 0 saturated heterocycles. The van der Waals surface area contributed by atoms with Crippen LogP contribution in [0.15, 0.2) is 53.2 Å². The number of carbonyl (C=O) groups is 1. The number of nitrogens with zero attached hydrogens (tertiary/aromatic N) is 4. The van der Waals surface area contributed by atoms with Gasteiger partial charge in [0, 0.05) is 17.4 Å². The summed E-state index contributed by atoms with van der Waals surface area (Å²) < 4.78 is 20.7. The number of halogens is 1. The summed E-state index contributed by atoms with van der Waals surface area (Å²) in [5.74, 6) is 0.709. The van der Waals surface area contributed by atoms with Gasteiger partial charge in [0.05, 0.1) is 0 Å². The minimum Gasteiger partial charge on any atom is -0.334 e. The molecular formula is C22H20FN5O2. The molecule has 0 fully saturated rings. The zero-order valence-corrected chi connectivity index (χ0v) is 16.8. The van der Waals surface area contributed by atoms with Crippen LogP contribution in [0.25, 0.3) is 23.0 Å². The van der Waals surface area contributed by atoms with Crippen LogP contribution < -0.4 is 5.32 Å². The van der Waals surface area contributed by atoms with Crippen molar-refractivity contribution in [2.75, 3.05) is 5.32 Å². The van der Waals surface area contributed by atoms with E-state index in [0.29, 0.717) is 34.5 Å². The van der Waals surface area contributed by atoms with Crippen molar-refractivity contribution >= 4 is 11.6 Å². The molecule has 0 radical (unpaired) electrons. The van der Waals surface area contributed by atoms with Crippen molar-refractivity contribution in [3.05, 3.63) is 71.4 Å².